The van der Waals surface area contributed by atoms with E-state index in [-0.39, 0.29) is 34.3 Å². The number of nitrogens with one attached hydrogen (secondary N) is 2. The number of pyridine rings is 1. The van der Waals surface area contributed by atoms with Crippen molar-refractivity contribution in [1.82, 2.24) is 39.6 Å². The summed E-state index contributed by atoms with van der Waals surface area (Å²) in [7, 11) is -1.76. The Morgan fingerprint density at radius 2 is 1.79 bits per heavy atom. The summed E-state index contributed by atoms with van der Waals surface area (Å²) >= 11 is 0. The summed E-state index contributed by atoms with van der Waals surface area (Å²) < 4.78 is 28.8. The van der Waals surface area contributed by atoms with Gasteiger partial charge in [0.05, 0.1) is 64.4 Å². The molecule has 4 heterocycles. The van der Waals surface area contributed by atoms with E-state index >= 15 is 0 Å². The molecule has 4 N–H and O–H groups in total. The predicted octanol–water partition coefficient (Wildman–Crippen LogP) is 2.82. The van der Waals surface area contributed by atoms with Crippen molar-refractivity contribution in [2.45, 2.75) is 13.0 Å². The quantitative estimate of drug-likeness (QED) is 0.215. The fourth-order valence-electron chi connectivity index (χ4n) is 4.98. The lowest BCUT2D eigenvalue weighted by Crippen LogP contribution is -2.34. The van der Waals surface area contributed by atoms with E-state index in [9.17, 15) is 18.0 Å². The molecular weight excluding hydrogens is 632 g/mol. The number of fused-ring (bicyclic) bond motifs is 1. The lowest BCUT2D eigenvalue weighted by molar-refractivity contribution is 0.0933. The summed E-state index contributed by atoms with van der Waals surface area (Å²) in [4.78, 5) is 45.3. The Morgan fingerprint density at radius 3 is 2.52 bits per heavy atom. The van der Waals surface area contributed by atoms with Gasteiger partial charge >= 0.3 is 0 Å². The van der Waals surface area contributed by atoms with Crippen LogP contribution in [-0.2, 0) is 17.1 Å². The highest BCUT2D eigenvalue weighted by atomic mass is 32.2. The first kappa shape index (κ1) is 31.6. The molecular formula is C33H28N10O4S. The summed E-state index contributed by atoms with van der Waals surface area (Å²) in [5, 5.41) is 7.31. The number of carbonyl (C=O) groups excluding carboxylic acids is 1. The molecule has 0 aliphatic rings. The zero-order chi connectivity index (χ0) is 34.0. The van der Waals surface area contributed by atoms with Crippen LogP contribution in [0.1, 0.15) is 40.4 Å². The van der Waals surface area contributed by atoms with Gasteiger partial charge < -0.3 is 11.1 Å². The molecule has 15 heteroatoms. The largest absolute Gasteiger partial charge is 0.382 e. The molecule has 240 valence electrons. The molecule has 0 fully saturated rings. The van der Waals surface area contributed by atoms with Gasteiger partial charge in [-0.05, 0) is 37.3 Å². The van der Waals surface area contributed by atoms with Gasteiger partial charge in [-0.15, -0.1) is 0 Å². The first-order chi connectivity index (χ1) is 23.0. The first-order valence-corrected chi connectivity index (χ1v) is 16.3. The number of aryl methyl sites for hydroxylation is 1. The van der Waals surface area contributed by atoms with Gasteiger partial charge in [0.1, 0.15) is 5.82 Å². The molecule has 2 aromatic carbocycles. The van der Waals surface area contributed by atoms with Gasteiger partial charge in [0.2, 0.25) is 10.0 Å². The highest BCUT2D eigenvalue weighted by Crippen LogP contribution is 2.23. The second kappa shape index (κ2) is 12.8. The van der Waals surface area contributed by atoms with Crippen LogP contribution in [0, 0.1) is 11.8 Å². The van der Waals surface area contributed by atoms with E-state index < -0.39 is 22.0 Å². The number of aromatic nitrogens is 7. The summed E-state index contributed by atoms with van der Waals surface area (Å²) in [6.07, 6.45) is 8.57. The van der Waals surface area contributed by atoms with Gasteiger partial charge in [-0.1, -0.05) is 36.1 Å². The van der Waals surface area contributed by atoms with Crippen molar-refractivity contribution in [2.75, 3.05) is 16.7 Å². The van der Waals surface area contributed by atoms with Crippen molar-refractivity contribution in [3.8, 4) is 28.8 Å². The Kier molecular flexibility index (Phi) is 8.40. The average molecular weight is 661 g/mol. The van der Waals surface area contributed by atoms with E-state index in [1.165, 1.54) is 29.2 Å². The molecule has 0 saturated carbocycles. The molecule has 0 radical (unpaired) electrons. The molecule has 4 aromatic heterocycles. The van der Waals surface area contributed by atoms with Crippen LogP contribution in [0.3, 0.4) is 0 Å². The molecule has 0 aliphatic carbocycles. The van der Waals surface area contributed by atoms with Crippen LogP contribution in [0.5, 0.6) is 0 Å². The number of hydrogen-bond donors (Lipinski definition) is 3. The second-order valence-corrected chi connectivity index (χ2v) is 12.6. The number of anilines is 2. The zero-order valence-corrected chi connectivity index (χ0v) is 26.7. The van der Waals surface area contributed by atoms with E-state index in [0.29, 0.717) is 33.3 Å². The number of amides is 1. The first-order valence-electron chi connectivity index (χ1n) is 14.4. The normalized spacial score (nSPS) is 11.8. The fraction of sp³-hybridized carbons (Fsp3) is 0.121. The maximum atomic E-state index is 14.3. The number of para-hydroxylation sites is 1. The number of nitrogens with two attached hydrogens (primary N) is 1. The third-order valence-electron chi connectivity index (χ3n) is 7.07. The van der Waals surface area contributed by atoms with Crippen LogP contribution >= 0.6 is 0 Å². The van der Waals surface area contributed by atoms with Crippen molar-refractivity contribution in [3.05, 3.63) is 119 Å². The van der Waals surface area contributed by atoms with Crippen LogP contribution < -0.4 is 21.3 Å². The molecule has 48 heavy (non-hydrogen) atoms. The minimum Gasteiger partial charge on any atom is -0.382 e. The Balaban J connectivity index is 1.38. The van der Waals surface area contributed by atoms with Crippen molar-refractivity contribution in [3.63, 3.8) is 0 Å². The van der Waals surface area contributed by atoms with Crippen molar-refractivity contribution in [2.24, 2.45) is 7.05 Å². The summed E-state index contributed by atoms with van der Waals surface area (Å²) in [6, 6.07) is 14.9. The number of sulfonamides is 1. The zero-order valence-electron chi connectivity index (χ0n) is 25.9. The second-order valence-electron chi connectivity index (χ2n) is 10.8. The van der Waals surface area contributed by atoms with Crippen LogP contribution in [0.4, 0.5) is 11.5 Å². The van der Waals surface area contributed by atoms with Crippen molar-refractivity contribution < 1.29 is 13.2 Å². The maximum Gasteiger partial charge on any atom is 0.274 e. The topological polar surface area (TPSA) is 193 Å². The van der Waals surface area contributed by atoms with Crippen LogP contribution in [0.15, 0.2) is 90.4 Å². The molecule has 1 atom stereocenters. The van der Waals surface area contributed by atoms with E-state index in [1.807, 2.05) is 6.07 Å². The Morgan fingerprint density at radius 1 is 1.00 bits per heavy atom. The molecule has 1 amide bonds. The van der Waals surface area contributed by atoms with Crippen LogP contribution in [0.2, 0.25) is 0 Å². The number of nitrogens with zero attached hydrogens (tertiary/aromatic N) is 7. The standard InChI is InChI=1S/C33H28N10O4S/c1-20(38-32(44)29-30(34)36-18-27(39-29)23-14-24(17-35-16-23)41-48(3,46)47)31-40-26-11-7-8-22(13-12-21-15-37-42(2)19-21)28(26)33(45)43(31)25-9-5-4-6-10-25/h4-11,14-20,41H,1-3H3,(H2,34,36)(H,38,44)/t20-/m1/s1. The van der Waals surface area contributed by atoms with E-state index in [0.717, 1.165) is 6.26 Å². The van der Waals surface area contributed by atoms with E-state index in [1.54, 1.807) is 73.5 Å². The minimum absolute atomic E-state index is 0.134. The van der Waals surface area contributed by atoms with Gasteiger partial charge in [-0.3, -0.25) is 28.5 Å². The molecule has 0 spiro atoms. The number of hydrogen-bond acceptors (Lipinski definition) is 10. The summed E-state index contributed by atoms with van der Waals surface area (Å²) in [5.41, 5.74) is 8.50. The Bertz CT molecular complexity index is 2430. The van der Waals surface area contributed by atoms with Crippen molar-refractivity contribution in [1.29, 1.82) is 0 Å². The smallest absolute Gasteiger partial charge is 0.274 e. The van der Waals surface area contributed by atoms with Crippen LogP contribution in [-0.4, -0.2) is 54.9 Å². The molecule has 14 nitrogen and oxygen atoms in total. The average Bonchev–Trinajstić information content (AvgIpc) is 3.48. The third-order valence-corrected chi connectivity index (χ3v) is 7.68. The van der Waals surface area contributed by atoms with Crippen LogP contribution in [0.25, 0.3) is 27.8 Å². The number of rotatable bonds is 7. The SMILES string of the molecule is C[C@@H](NC(=O)c1nc(-c2cncc(NS(C)(=O)=O)c2)cnc1N)c1nc2cccc(C#Cc3cnn(C)c3)c2c(=O)n1-c1ccccc1. The van der Waals surface area contributed by atoms with Gasteiger partial charge in [0, 0.05) is 30.6 Å². The fourth-order valence-corrected chi connectivity index (χ4v) is 5.52. The number of carbonyl (C=O) groups is 1. The van der Waals surface area contributed by atoms with E-state index in [2.05, 4.69) is 41.9 Å². The molecule has 0 aliphatic heterocycles. The van der Waals surface area contributed by atoms with Gasteiger partial charge in [0.15, 0.2) is 11.5 Å². The highest BCUT2D eigenvalue weighted by molar-refractivity contribution is 7.92. The monoisotopic (exact) mass is 660 g/mol. The molecule has 0 unspecified atom stereocenters. The summed E-state index contributed by atoms with van der Waals surface area (Å²) in [5.74, 6) is 5.59. The lowest BCUT2D eigenvalue weighted by Gasteiger charge is -2.20. The summed E-state index contributed by atoms with van der Waals surface area (Å²) in [6.45, 7) is 1.69. The molecule has 6 rings (SSSR count). The molecule has 0 bridgehead atoms. The number of benzene rings is 2. The minimum atomic E-state index is -3.55. The van der Waals surface area contributed by atoms with E-state index in [4.69, 9.17) is 10.7 Å². The number of nitrogen functional groups attached to an aromatic ring is 1. The van der Waals surface area contributed by atoms with Gasteiger partial charge in [0.25, 0.3) is 11.5 Å². The highest BCUT2D eigenvalue weighted by Gasteiger charge is 2.23. The molecule has 6 aromatic rings. The van der Waals surface area contributed by atoms with Gasteiger partial charge in [-0.2, -0.15) is 5.10 Å². The van der Waals surface area contributed by atoms with Gasteiger partial charge in [-0.25, -0.2) is 23.4 Å². The van der Waals surface area contributed by atoms with Crippen molar-refractivity contribution >= 4 is 38.3 Å². The maximum absolute atomic E-state index is 14.3. The molecule has 0 saturated heterocycles. The predicted molar refractivity (Wildman–Crippen MR) is 181 cm³/mol. The lowest BCUT2D eigenvalue weighted by atomic mass is 10.1. The Labute approximate surface area is 274 Å². The third kappa shape index (κ3) is 6.73. The Hall–Kier alpha value is -6.40.